The summed E-state index contributed by atoms with van der Waals surface area (Å²) < 4.78 is 0. The first-order valence-corrected chi connectivity index (χ1v) is 9.03. The number of aliphatic hydroxyl groups excluding tert-OH is 1. The minimum atomic E-state index is -0.960. The fourth-order valence-corrected chi connectivity index (χ4v) is 3.85. The van der Waals surface area contributed by atoms with Crippen molar-refractivity contribution in [2.75, 3.05) is 19.6 Å². The van der Waals surface area contributed by atoms with Crippen LogP contribution < -0.4 is 5.32 Å². The second-order valence-electron chi connectivity index (χ2n) is 7.05. The molecule has 2 fully saturated rings. The van der Waals surface area contributed by atoms with Crippen LogP contribution in [0.3, 0.4) is 0 Å². The monoisotopic (exact) mass is 367 g/mol. The second kappa shape index (κ2) is 6.66. The van der Waals surface area contributed by atoms with Gasteiger partial charge in [-0.15, -0.1) is 0 Å². The van der Waals surface area contributed by atoms with Crippen molar-refractivity contribution in [1.82, 2.24) is 15.1 Å². The highest BCUT2D eigenvalue weighted by Gasteiger charge is 2.45. The van der Waals surface area contributed by atoms with Gasteiger partial charge in [0.25, 0.3) is 5.91 Å². The number of nitrogens with zero attached hydrogens (tertiary/aromatic N) is 2. The van der Waals surface area contributed by atoms with Crippen LogP contribution in [0.15, 0.2) is 42.5 Å². The number of carbonyl (C=O) groups is 3. The zero-order chi connectivity index (χ0) is 19.1. The topological polar surface area (TPSA) is 89.9 Å². The summed E-state index contributed by atoms with van der Waals surface area (Å²) in [6.45, 7) is 2.25. The molecule has 2 aromatic rings. The molecule has 3 atom stereocenters. The van der Waals surface area contributed by atoms with Crippen LogP contribution in [0, 0.1) is 0 Å². The Labute approximate surface area is 156 Å². The van der Waals surface area contributed by atoms with Crippen LogP contribution in [-0.4, -0.2) is 70.4 Å². The maximum atomic E-state index is 13.1. The number of amides is 3. The van der Waals surface area contributed by atoms with E-state index in [4.69, 9.17) is 0 Å². The number of piperazine rings is 2. The van der Waals surface area contributed by atoms with Crippen molar-refractivity contribution in [3.05, 3.63) is 48.0 Å². The standard InChI is InChI=1S/C20H21N3O4/c1-12(24)17-20(27)23-10-9-22(11-16(23)18(25)21-17)19(26)15-8-4-6-13-5-2-3-7-14(13)15/h2-8,12,16-17,24H,9-11H2,1H3,(H,21,25)/t12-,16-,17+/m1/s1. The summed E-state index contributed by atoms with van der Waals surface area (Å²) in [5, 5.41) is 14.1. The molecule has 0 aliphatic carbocycles. The Morgan fingerprint density at radius 2 is 1.89 bits per heavy atom. The zero-order valence-electron chi connectivity index (χ0n) is 15.0. The number of rotatable bonds is 2. The largest absolute Gasteiger partial charge is 0.391 e. The molecule has 2 saturated heterocycles. The number of carbonyl (C=O) groups excluding carboxylic acids is 3. The van der Waals surface area contributed by atoms with E-state index < -0.39 is 18.2 Å². The number of fused-ring (bicyclic) bond motifs is 2. The molecular weight excluding hydrogens is 346 g/mol. The van der Waals surface area contributed by atoms with Gasteiger partial charge < -0.3 is 20.2 Å². The van der Waals surface area contributed by atoms with E-state index in [0.717, 1.165) is 10.8 Å². The molecule has 0 saturated carbocycles. The van der Waals surface area contributed by atoms with Crippen molar-refractivity contribution in [3.8, 4) is 0 Å². The van der Waals surface area contributed by atoms with Crippen molar-refractivity contribution in [3.63, 3.8) is 0 Å². The van der Waals surface area contributed by atoms with Crippen LogP contribution in [0.5, 0.6) is 0 Å². The Bertz CT molecular complexity index is 921. The van der Waals surface area contributed by atoms with E-state index >= 15 is 0 Å². The van der Waals surface area contributed by atoms with E-state index in [1.165, 1.54) is 11.8 Å². The lowest BCUT2D eigenvalue weighted by Gasteiger charge is -2.45. The van der Waals surface area contributed by atoms with E-state index in [2.05, 4.69) is 5.32 Å². The van der Waals surface area contributed by atoms with E-state index in [9.17, 15) is 19.5 Å². The van der Waals surface area contributed by atoms with E-state index in [-0.39, 0.29) is 30.8 Å². The second-order valence-corrected chi connectivity index (χ2v) is 7.05. The Morgan fingerprint density at radius 1 is 1.15 bits per heavy atom. The molecule has 27 heavy (non-hydrogen) atoms. The van der Waals surface area contributed by atoms with Crippen LogP contribution in [0.1, 0.15) is 17.3 Å². The number of hydrogen-bond donors (Lipinski definition) is 2. The molecule has 7 nitrogen and oxygen atoms in total. The highest BCUT2D eigenvalue weighted by Crippen LogP contribution is 2.23. The molecule has 4 rings (SSSR count). The molecule has 2 N–H and O–H groups in total. The molecule has 2 aromatic carbocycles. The summed E-state index contributed by atoms with van der Waals surface area (Å²) in [6, 6.07) is 11.6. The predicted molar refractivity (Wildman–Crippen MR) is 99.0 cm³/mol. The molecule has 0 unspecified atom stereocenters. The van der Waals surface area contributed by atoms with Crippen molar-refractivity contribution in [1.29, 1.82) is 0 Å². The van der Waals surface area contributed by atoms with Crippen LogP contribution in [0.25, 0.3) is 10.8 Å². The minimum Gasteiger partial charge on any atom is -0.391 e. The minimum absolute atomic E-state index is 0.145. The van der Waals surface area contributed by atoms with Crippen LogP contribution in [0.4, 0.5) is 0 Å². The molecule has 3 amide bonds. The van der Waals surface area contributed by atoms with Gasteiger partial charge >= 0.3 is 0 Å². The molecule has 7 heteroatoms. The quantitative estimate of drug-likeness (QED) is 0.803. The van der Waals surface area contributed by atoms with Crippen molar-refractivity contribution in [2.45, 2.75) is 25.1 Å². The Balaban J connectivity index is 1.58. The van der Waals surface area contributed by atoms with Gasteiger partial charge in [0.05, 0.1) is 12.6 Å². The average molecular weight is 367 g/mol. The van der Waals surface area contributed by atoms with Crippen LogP contribution in [-0.2, 0) is 9.59 Å². The fourth-order valence-electron chi connectivity index (χ4n) is 3.85. The van der Waals surface area contributed by atoms with E-state index in [1.807, 2.05) is 36.4 Å². The van der Waals surface area contributed by atoms with Crippen molar-refractivity contribution >= 4 is 28.5 Å². The Kier molecular flexibility index (Phi) is 4.31. The van der Waals surface area contributed by atoms with Crippen LogP contribution in [0.2, 0.25) is 0 Å². The normalized spacial score (nSPS) is 23.8. The summed E-state index contributed by atoms with van der Waals surface area (Å²) in [6.07, 6.45) is -0.960. The highest BCUT2D eigenvalue weighted by atomic mass is 16.3. The van der Waals surface area contributed by atoms with Crippen molar-refractivity contribution in [2.24, 2.45) is 0 Å². The maximum Gasteiger partial charge on any atom is 0.254 e. The first kappa shape index (κ1) is 17.5. The lowest BCUT2D eigenvalue weighted by Crippen LogP contribution is -2.71. The molecule has 2 aliphatic rings. The van der Waals surface area contributed by atoms with E-state index in [0.29, 0.717) is 12.1 Å². The van der Waals surface area contributed by atoms with Crippen molar-refractivity contribution < 1.29 is 19.5 Å². The third-order valence-corrected chi connectivity index (χ3v) is 5.32. The van der Waals surface area contributed by atoms with Gasteiger partial charge in [-0.1, -0.05) is 36.4 Å². The summed E-state index contributed by atoms with van der Waals surface area (Å²) in [4.78, 5) is 41.2. The van der Waals surface area contributed by atoms with Gasteiger partial charge in [0.2, 0.25) is 11.8 Å². The maximum absolute atomic E-state index is 13.1. The summed E-state index contributed by atoms with van der Waals surface area (Å²) in [5.41, 5.74) is 0.589. The number of nitrogens with one attached hydrogen (secondary N) is 1. The molecule has 0 aromatic heterocycles. The fraction of sp³-hybridized carbons (Fsp3) is 0.350. The van der Waals surface area contributed by atoms with Gasteiger partial charge in [0.1, 0.15) is 12.1 Å². The van der Waals surface area contributed by atoms with Gasteiger partial charge in [-0.05, 0) is 23.8 Å². The number of aliphatic hydroxyl groups is 1. The van der Waals surface area contributed by atoms with Gasteiger partial charge in [-0.2, -0.15) is 0 Å². The van der Waals surface area contributed by atoms with Gasteiger partial charge in [-0.3, -0.25) is 14.4 Å². The van der Waals surface area contributed by atoms with E-state index in [1.54, 1.807) is 11.0 Å². The first-order valence-electron chi connectivity index (χ1n) is 9.03. The lowest BCUT2D eigenvalue weighted by atomic mass is 9.99. The lowest BCUT2D eigenvalue weighted by molar-refractivity contribution is -0.155. The number of hydrogen-bond acceptors (Lipinski definition) is 4. The molecule has 2 heterocycles. The van der Waals surface area contributed by atoms with Gasteiger partial charge in [0, 0.05) is 18.7 Å². The average Bonchev–Trinajstić information content (AvgIpc) is 2.69. The summed E-state index contributed by atoms with van der Waals surface area (Å²) in [5.74, 6) is -0.785. The zero-order valence-corrected chi connectivity index (χ0v) is 15.0. The molecular formula is C20H21N3O4. The molecule has 0 bridgehead atoms. The third-order valence-electron chi connectivity index (χ3n) is 5.32. The Hall–Kier alpha value is -2.93. The van der Waals surface area contributed by atoms with Crippen LogP contribution >= 0.6 is 0 Å². The SMILES string of the molecule is C[C@@H](O)[C@@H]1NC(=O)[C@H]2CN(C(=O)c3cccc4ccccc34)CCN2C1=O. The smallest absolute Gasteiger partial charge is 0.254 e. The molecule has 0 radical (unpaired) electrons. The number of benzene rings is 2. The predicted octanol–water partition coefficient (Wildman–Crippen LogP) is 0.372. The first-order chi connectivity index (χ1) is 13.0. The summed E-state index contributed by atoms with van der Waals surface area (Å²) >= 11 is 0. The molecule has 2 aliphatic heterocycles. The summed E-state index contributed by atoms with van der Waals surface area (Å²) in [7, 11) is 0. The molecule has 140 valence electrons. The molecule has 0 spiro atoms. The van der Waals surface area contributed by atoms with Gasteiger partial charge in [-0.25, -0.2) is 0 Å². The third kappa shape index (κ3) is 2.94. The Morgan fingerprint density at radius 3 is 2.67 bits per heavy atom. The highest BCUT2D eigenvalue weighted by molar-refractivity contribution is 6.07. The van der Waals surface area contributed by atoms with Gasteiger partial charge in [0.15, 0.2) is 0 Å².